The fraction of sp³-hybridized carbons (Fsp3) is 0.938. The highest BCUT2D eigenvalue weighted by molar-refractivity contribution is 5.83. The zero-order chi connectivity index (χ0) is 14.6. The van der Waals surface area contributed by atoms with Crippen LogP contribution in [0.25, 0.3) is 0 Å². The molecule has 1 unspecified atom stereocenters. The molecule has 1 saturated carbocycles. The Kier molecular flexibility index (Phi) is 3.18. The van der Waals surface area contributed by atoms with Crippen molar-refractivity contribution in [3.8, 4) is 0 Å². The molecule has 2 heterocycles. The van der Waals surface area contributed by atoms with E-state index in [2.05, 4.69) is 37.9 Å². The molecular formula is C16H28N2O2. The zero-order valence-corrected chi connectivity index (χ0v) is 13.3. The van der Waals surface area contributed by atoms with E-state index < -0.39 is 0 Å². The van der Waals surface area contributed by atoms with Crippen molar-refractivity contribution in [2.24, 2.45) is 11.3 Å². The molecule has 20 heavy (non-hydrogen) atoms. The predicted molar refractivity (Wildman–Crippen MR) is 78.5 cm³/mol. The van der Waals surface area contributed by atoms with Crippen LogP contribution in [0.5, 0.6) is 0 Å². The molecule has 1 spiro atoms. The number of morpholine rings is 1. The SMILES string of the molecule is CC1(C)CN(C(=O)C2CC23CCNCC3)CC(C)(C)O1. The van der Waals surface area contributed by atoms with Crippen LogP contribution in [0.1, 0.15) is 47.0 Å². The van der Waals surface area contributed by atoms with E-state index in [4.69, 9.17) is 4.74 Å². The number of nitrogens with one attached hydrogen (secondary N) is 1. The van der Waals surface area contributed by atoms with Crippen LogP contribution < -0.4 is 5.32 Å². The van der Waals surface area contributed by atoms with Gasteiger partial charge < -0.3 is 15.0 Å². The number of carbonyl (C=O) groups is 1. The molecule has 1 atom stereocenters. The van der Waals surface area contributed by atoms with Crippen LogP contribution >= 0.6 is 0 Å². The lowest BCUT2D eigenvalue weighted by Crippen LogP contribution is -2.59. The summed E-state index contributed by atoms with van der Waals surface area (Å²) in [5.74, 6) is 0.644. The molecule has 4 nitrogen and oxygen atoms in total. The predicted octanol–water partition coefficient (Wildman–Crippen LogP) is 1.79. The van der Waals surface area contributed by atoms with E-state index in [1.54, 1.807) is 0 Å². The second-order valence-electron chi connectivity index (χ2n) is 8.18. The van der Waals surface area contributed by atoms with Gasteiger partial charge in [-0.05, 0) is 65.5 Å². The van der Waals surface area contributed by atoms with E-state index in [0.717, 1.165) is 32.6 Å². The Morgan fingerprint density at radius 2 is 1.65 bits per heavy atom. The molecule has 0 bridgehead atoms. The summed E-state index contributed by atoms with van der Waals surface area (Å²) < 4.78 is 6.07. The molecule has 0 aromatic heterocycles. The Labute approximate surface area is 122 Å². The first-order chi connectivity index (χ1) is 9.23. The van der Waals surface area contributed by atoms with E-state index in [-0.39, 0.29) is 17.1 Å². The van der Waals surface area contributed by atoms with Crippen LogP contribution in [0.3, 0.4) is 0 Å². The normalized spacial score (nSPS) is 34.0. The van der Waals surface area contributed by atoms with Gasteiger partial charge >= 0.3 is 0 Å². The molecule has 4 heteroatoms. The molecule has 0 aromatic rings. The van der Waals surface area contributed by atoms with Crippen molar-refractivity contribution in [3.63, 3.8) is 0 Å². The highest BCUT2D eigenvalue weighted by Gasteiger charge is 2.59. The van der Waals surface area contributed by atoms with Gasteiger partial charge in [0.2, 0.25) is 5.91 Å². The largest absolute Gasteiger partial charge is 0.366 e. The molecule has 0 aromatic carbocycles. The quantitative estimate of drug-likeness (QED) is 0.796. The lowest BCUT2D eigenvalue weighted by molar-refractivity contribution is -0.189. The van der Waals surface area contributed by atoms with Gasteiger partial charge in [0, 0.05) is 19.0 Å². The topological polar surface area (TPSA) is 41.6 Å². The van der Waals surface area contributed by atoms with E-state index in [1.165, 1.54) is 12.8 Å². The highest BCUT2D eigenvalue weighted by atomic mass is 16.5. The molecule has 3 aliphatic rings. The standard InChI is InChI=1S/C16H28N2O2/c1-14(2)10-18(11-15(3,4)20-14)13(19)12-9-16(12)5-7-17-8-6-16/h12,17H,5-11H2,1-4H3. The van der Waals surface area contributed by atoms with Gasteiger partial charge in [-0.3, -0.25) is 4.79 Å². The summed E-state index contributed by atoms with van der Waals surface area (Å²) in [4.78, 5) is 14.9. The summed E-state index contributed by atoms with van der Waals surface area (Å²) in [5, 5.41) is 3.40. The first-order valence-corrected chi connectivity index (χ1v) is 7.93. The van der Waals surface area contributed by atoms with Gasteiger partial charge in [0.1, 0.15) is 0 Å². The van der Waals surface area contributed by atoms with Crippen molar-refractivity contribution in [1.82, 2.24) is 10.2 Å². The monoisotopic (exact) mass is 280 g/mol. The summed E-state index contributed by atoms with van der Waals surface area (Å²) in [6, 6.07) is 0. The van der Waals surface area contributed by atoms with Gasteiger partial charge in [-0.2, -0.15) is 0 Å². The minimum Gasteiger partial charge on any atom is -0.366 e. The summed E-state index contributed by atoms with van der Waals surface area (Å²) >= 11 is 0. The number of amides is 1. The number of hydrogen-bond acceptors (Lipinski definition) is 3. The Morgan fingerprint density at radius 3 is 2.20 bits per heavy atom. The molecule has 2 saturated heterocycles. The van der Waals surface area contributed by atoms with Crippen LogP contribution in [0.2, 0.25) is 0 Å². The van der Waals surface area contributed by atoms with Gasteiger partial charge in [-0.1, -0.05) is 0 Å². The number of rotatable bonds is 1. The van der Waals surface area contributed by atoms with Crippen molar-refractivity contribution in [1.29, 1.82) is 0 Å². The summed E-state index contributed by atoms with van der Waals surface area (Å²) in [6.07, 6.45) is 3.44. The molecule has 3 rings (SSSR count). The van der Waals surface area contributed by atoms with Crippen LogP contribution in [0.4, 0.5) is 0 Å². The van der Waals surface area contributed by atoms with Crippen molar-refractivity contribution in [3.05, 3.63) is 0 Å². The van der Waals surface area contributed by atoms with E-state index in [1.807, 2.05) is 0 Å². The molecule has 2 aliphatic heterocycles. The first kappa shape index (κ1) is 14.3. The average molecular weight is 280 g/mol. The summed E-state index contributed by atoms with van der Waals surface area (Å²) in [6.45, 7) is 11.9. The highest BCUT2D eigenvalue weighted by Crippen LogP contribution is 2.59. The lowest BCUT2D eigenvalue weighted by atomic mass is 9.91. The first-order valence-electron chi connectivity index (χ1n) is 7.93. The number of ether oxygens (including phenoxy) is 1. The number of piperidine rings is 1. The molecule has 0 radical (unpaired) electrons. The van der Waals surface area contributed by atoms with Crippen LogP contribution in [0.15, 0.2) is 0 Å². The Hall–Kier alpha value is -0.610. The second-order valence-corrected chi connectivity index (χ2v) is 8.18. The number of carbonyl (C=O) groups excluding carboxylic acids is 1. The fourth-order valence-electron chi connectivity index (χ4n) is 4.34. The molecule has 114 valence electrons. The van der Waals surface area contributed by atoms with E-state index >= 15 is 0 Å². The average Bonchev–Trinajstić information content (AvgIpc) is 2.99. The van der Waals surface area contributed by atoms with E-state index in [0.29, 0.717) is 11.3 Å². The maximum atomic E-state index is 12.9. The summed E-state index contributed by atoms with van der Waals surface area (Å²) in [7, 11) is 0. The van der Waals surface area contributed by atoms with Gasteiger partial charge in [0.15, 0.2) is 0 Å². The van der Waals surface area contributed by atoms with Crippen LogP contribution in [-0.2, 0) is 9.53 Å². The maximum Gasteiger partial charge on any atom is 0.226 e. The van der Waals surface area contributed by atoms with Crippen LogP contribution in [0, 0.1) is 11.3 Å². The Morgan fingerprint density at radius 1 is 1.10 bits per heavy atom. The van der Waals surface area contributed by atoms with Crippen molar-refractivity contribution < 1.29 is 9.53 Å². The van der Waals surface area contributed by atoms with Gasteiger partial charge in [0.25, 0.3) is 0 Å². The minimum absolute atomic E-state index is 0.242. The Bertz CT molecular complexity index is 395. The third kappa shape index (κ3) is 2.60. The molecule has 1 amide bonds. The zero-order valence-electron chi connectivity index (χ0n) is 13.3. The van der Waals surface area contributed by atoms with Gasteiger partial charge in [-0.25, -0.2) is 0 Å². The number of hydrogen-bond donors (Lipinski definition) is 1. The van der Waals surface area contributed by atoms with E-state index in [9.17, 15) is 4.79 Å². The second kappa shape index (κ2) is 4.44. The van der Waals surface area contributed by atoms with Crippen molar-refractivity contribution in [2.45, 2.75) is 58.2 Å². The smallest absolute Gasteiger partial charge is 0.226 e. The number of nitrogens with zero attached hydrogens (tertiary/aromatic N) is 1. The molecule has 1 N–H and O–H groups in total. The summed E-state index contributed by atoms with van der Waals surface area (Å²) in [5.41, 5.74) is -0.157. The molecule has 3 fully saturated rings. The van der Waals surface area contributed by atoms with Gasteiger partial charge in [0.05, 0.1) is 11.2 Å². The van der Waals surface area contributed by atoms with Crippen LogP contribution in [-0.4, -0.2) is 48.2 Å². The van der Waals surface area contributed by atoms with Gasteiger partial charge in [-0.15, -0.1) is 0 Å². The van der Waals surface area contributed by atoms with Crippen molar-refractivity contribution in [2.75, 3.05) is 26.2 Å². The molecular weight excluding hydrogens is 252 g/mol. The third-order valence-corrected chi connectivity index (χ3v) is 5.09. The fourth-order valence-corrected chi connectivity index (χ4v) is 4.34. The Balaban J connectivity index is 1.69. The molecule has 1 aliphatic carbocycles. The lowest BCUT2D eigenvalue weighted by Gasteiger charge is -2.47. The maximum absolute atomic E-state index is 12.9. The minimum atomic E-state index is -0.242. The van der Waals surface area contributed by atoms with Crippen molar-refractivity contribution >= 4 is 5.91 Å². The third-order valence-electron chi connectivity index (χ3n) is 5.09.